The van der Waals surface area contributed by atoms with Crippen LogP contribution >= 0.6 is 0 Å². The number of aromatic hydroxyl groups is 1. The van der Waals surface area contributed by atoms with Crippen molar-refractivity contribution < 1.29 is 39.1 Å². The Bertz CT molecular complexity index is 825. The first-order valence-electron chi connectivity index (χ1n) is 8.26. The number of phenols is 1. The summed E-state index contributed by atoms with van der Waals surface area (Å²) in [6.07, 6.45) is -2.99. The Morgan fingerprint density at radius 2 is 1.74 bits per heavy atom. The lowest BCUT2D eigenvalue weighted by Gasteiger charge is -2.41. The molecule has 3 atom stereocenters. The van der Waals surface area contributed by atoms with Gasteiger partial charge < -0.3 is 29.5 Å². The van der Waals surface area contributed by atoms with Gasteiger partial charge in [0.2, 0.25) is 0 Å². The number of aryl methyl sites for hydroxylation is 1. The molecule has 1 aromatic rings. The third-order valence-electron chi connectivity index (χ3n) is 5.07. The minimum absolute atomic E-state index is 0.00507. The van der Waals surface area contributed by atoms with E-state index in [-0.39, 0.29) is 34.0 Å². The van der Waals surface area contributed by atoms with Crippen LogP contribution in [0.1, 0.15) is 35.3 Å². The number of phenolic OH excluding ortho intramolecular Hbond substituents is 1. The Balaban J connectivity index is 2.56. The molecular formula is C19H24O8. The Labute approximate surface area is 157 Å². The molecule has 0 fully saturated rings. The number of carbonyl (C=O) groups is 2. The summed E-state index contributed by atoms with van der Waals surface area (Å²) >= 11 is 0. The van der Waals surface area contributed by atoms with Gasteiger partial charge in [-0.15, -0.1) is 0 Å². The summed E-state index contributed by atoms with van der Waals surface area (Å²) in [5.74, 6) is -1.60. The zero-order chi connectivity index (χ0) is 20.7. The van der Waals surface area contributed by atoms with Crippen molar-refractivity contribution in [1.82, 2.24) is 0 Å². The zero-order valence-electron chi connectivity index (χ0n) is 16.1. The molecule has 0 radical (unpaired) electrons. The molecule has 2 rings (SSSR count). The third kappa shape index (κ3) is 3.20. The number of esters is 1. The molecule has 0 heterocycles. The van der Waals surface area contributed by atoms with Crippen LogP contribution < -0.4 is 4.74 Å². The van der Waals surface area contributed by atoms with Crippen molar-refractivity contribution in [3.63, 3.8) is 0 Å². The largest absolute Gasteiger partial charge is 0.507 e. The van der Waals surface area contributed by atoms with Gasteiger partial charge in [-0.3, -0.25) is 4.79 Å². The van der Waals surface area contributed by atoms with Crippen molar-refractivity contribution in [2.75, 3.05) is 14.2 Å². The number of ether oxygens (including phenoxy) is 3. The maximum absolute atomic E-state index is 12.4. The number of benzene rings is 1. The van der Waals surface area contributed by atoms with Gasteiger partial charge in [0, 0.05) is 18.2 Å². The summed E-state index contributed by atoms with van der Waals surface area (Å²) < 4.78 is 15.6. The first-order chi connectivity index (χ1) is 12.5. The molecule has 0 amide bonds. The van der Waals surface area contributed by atoms with Crippen molar-refractivity contribution >= 4 is 11.8 Å². The monoisotopic (exact) mass is 380 g/mol. The van der Waals surface area contributed by atoms with Gasteiger partial charge >= 0.3 is 5.97 Å². The smallest absolute Gasteiger partial charge is 0.341 e. The number of rotatable bonds is 4. The molecule has 0 aliphatic heterocycles. The van der Waals surface area contributed by atoms with Crippen LogP contribution in [0.5, 0.6) is 11.5 Å². The second kappa shape index (κ2) is 7.30. The van der Waals surface area contributed by atoms with Crippen molar-refractivity contribution in [3.8, 4) is 11.5 Å². The van der Waals surface area contributed by atoms with Gasteiger partial charge in [0.25, 0.3) is 0 Å². The molecule has 1 aliphatic carbocycles. The van der Waals surface area contributed by atoms with Gasteiger partial charge in [-0.05, 0) is 39.3 Å². The molecule has 27 heavy (non-hydrogen) atoms. The predicted octanol–water partition coefficient (Wildman–Crippen LogP) is 1.16. The molecule has 8 nitrogen and oxygen atoms in total. The van der Waals surface area contributed by atoms with E-state index in [0.29, 0.717) is 5.56 Å². The summed E-state index contributed by atoms with van der Waals surface area (Å²) in [5.41, 5.74) is -0.928. The number of aliphatic hydroxyl groups is 2. The number of carbonyl (C=O) groups excluding carboxylic acids is 2. The summed E-state index contributed by atoms with van der Waals surface area (Å²) in [7, 11) is 2.47. The molecule has 148 valence electrons. The van der Waals surface area contributed by atoms with Gasteiger partial charge in [-0.2, -0.15) is 0 Å². The summed E-state index contributed by atoms with van der Waals surface area (Å²) in [6.45, 7) is 5.93. The minimum atomic E-state index is -1.59. The van der Waals surface area contributed by atoms with Crippen molar-refractivity contribution in [2.45, 2.75) is 45.5 Å². The number of hydrogen-bond acceptors (Lipinski definition) is 8. The van der Waals surface area contributed by atoms with Crippen LogP contribution in [-0.2, 0) is 14.3 Å². The molecule has 3 unspecified atom stereocenters. The average molecular weight is 380 g/mol. The lowest BCUT2D eigenvalue weighted by atomic mass is 9.80. The van der Waals surface area contributed by atoms with E-state index in [1.165, 1.54) is 41.1 Å². The van der Waals surface area contributed by atoms with Gasteiger partial charge in [0.15, 0.2) is 5.78 Å². The van der Waals surface area contributed by atoms with E-state index in [0.717, 1.165) is 0 Å². The highest BCUT2D eigenvalue weighted by molar-refractivity contribution is 6.01. The first-order valence-corrected chi connectivity index (χ1v) is 8.26. The third-order valence-corrected chi connectivity index (χ3v) is 5.07. The molecule has 1 aliphatic rings. The normalized spacial score (nSPS) is 25.6. The van der Waals surface area contributed by atoms with Crippen LogP contribution in [0.3, 0.4) is 0 Å². The number of hydrogen-bond donors (Lipinski definition) is 3. The summed E-state index contributed by atoms with van der Waals surface area (Å²) in [4.78, 5) is 24.2. The van der Waals surface area contributed by atoms with Gasteiger partial charge in [-0.25, -0.2) is 4.79 Å². The highest BCUT2D eigenvalue weighted by atomic mass is 16.5. The Morgan fingerprint density at radius 1 is 1.15 bits per heavy atom. The molecule has 1 aromatic carbocycles. The second-order valence-corrected chi connectivity index (χ2v) is 6.68. The van der Waals surface area contributed by atoms with Crippen LogP contribution in [0.2, 0.25) is 0 Å². The Morgan fingerprint density at radius 3 is 2.26 bits per heavy atom. The van der Waals surface area contributed by atoms with E-state index in [1.54, 1.807) is 6.92 Å². The fourth-order valence-corrected chi connectivity index (χ4v) is 3.01. The Kier molecular flexibility index (Phi) is 5.65. The van der Waals surface area contributed by atoms with Crippen LogP contribution in [0.25, 0.3) is 0 Å². The zero-order valence-corrected chi connectivity index (χ0v) is 16.1. The van der Waals surface area contributed by atoms with Crippen LogP contribution in [0, 0.1) is 13.8 Å². The van der Waals surface area contributed by atoms with Crippen molar-refractivity contribution in [2.24, 2.45) is 0 Å². The second-order valence-electron chi connectivity index (χ2n) is 6.68. The quantitative estimate of drug-likeness (QED) is 0.665. The standard InChI is InChI=1S/C19H24O8/c1-8-7-11(9(2)13(20)12(8)18(24)25-5)27-15-10(3)14(21)16(22)19(4,26-6)17(15)23/h7,16-17,20,22-23H,1-6H3. The minimum Gasteiger partial charge on any atom is -0.507 e. The number of aliphatic hydroxyl groups excluding tert-OH is 2. The van der Waals surface area contributed by atoms with E-state index in [1.807, 2.05) is 0 Å². The summed E-state index contributed by atoms with van der Waals surface area (Å²) in [5, 5.41) is 31.2. The van der Waals surface area contributed by atoms with E-state index < -0.39 is 29.6 Å². The number of ketones is 1. The van der Waals surface area contributed by atoms with E-state index in [2.05, 4.69) is 4.74 Å². The lowest BCUT2D eigenvalue weighted by molar-refractivity contribution is -0.170. The molecule has 8 heteroatoms. The van der Waals surface area contributed by atoms with Crippen LogP contribution in [0.4, 0.5) is 0 Å². The van der Waals surface area contributed by atoms with Gasteiger partial charge in [-0.1, -0.05) is 0 Å². The molecule has 0 saturated heterocycles. The maximum atomic E-state index is 12.4. The highest BCUT2D eigenvalue weighted by Crippen LogP contribution is 2.39. The molecule has 3 N–H and O–H groups in total. The van der Waals surface area contributed by atoms with Crippen LogP contribution in [0.15, 0.2) is 17.4 Å². The van der Waals surface area contributed by atoms with Crippen molar-refractivity contribution in [3.05, 3.63) is 34.1 Å². The number of Topliss-reactive ketones (excluding diaryl/α,β-unsaturated/α-hetero) is 1. The Hall–Kier alpha value is -2.42. The van der Waals surface area contributed by atoms with Gasteiger partial charge in [0.05, 0.1) is 7.11 Å². The van der Waals surface area contributed by atoms with E-state index >= 15 is 0 Å². The van der Waals surface area contributed by atoms with E-state index in [9.17, 15) is 24.9 Å². The first kappa shape index (κ1) is 20.9. The molecule has 0 saturated carbocycles. The molecule has 0 spiro atoms. The van der Waals surface area contributed by atoms with Crippen molar-refractivity contribution in [1.29, 1.82) is 0 Å². The maximum Gasteiger partial charge on any atom is 0.341 e. The fraction of sp³-hybridized carbons (Fsp3) is 0.474. The molecule has 0 aromatic heterocycles. The highest BCUT2D eigenvalue weighted by Gasteiger charge is 2.52. The number of methoxy groups -OCH3 is 2. The summed E-state index contributed by atoms with van der Waals surface area (Å²) in [6, 6.07) is 1.49. The van der Waals surface area contributed by atoms with Gasteiger partial charge in [0.1, 0.15) is 40.6 Å². The fourth-order valence-electron chi connectivity index (χ4n) is 3.01. The van der Waals surface area contributed by atoms with Crippen LogP contribution in [-0.4, -0.2) is 59.1 Å². The molecular weight excluding hydrogens is 356 g/mol. The topological polar surface area (TPSA) is 123 Å². The van der Waals surface area contributed by atoms with E-state index in [4.69, 9.17) is 9.47 Å². The average Bonchev–Trinajstić information content (AvgIpc) is 2.65. The SMILES string of the molecule is COC(=O)c1c(C)cc(OC2=C(C)C(=O)C(O)C(C)(OC)C2O)c(C)c1O. The lowest BCUT2D eigenvalue weighted by Crippen LogP contribution is -2.59. The molecule has 0 bridgehead atoms. The predicted molar refractivity (Wildman–Crippen MR) is 94.7 cm³/mol.